The minimum atomic E-state index is -0.920. The van der Waals surface area contributed by atoms with Crippen molar-refractivity contribution in [2.24, 2.45) is 17.6 Å². The molecule has 0 spiro atoms. The molecule has 0 amide bonds. The fraction of sp³-hybridized carbons (Fsp3) is 0.364. The average Bonchev–Trinajstić information content (AvgIpc) is 3.03. The Hall–Kier alpha value is -4.97. The third-order valence-electron chi connectivity index (χ3n) is 7.25. The molecule has 2 atom stereocenters. The van der Waals surface area contributed by atoms with E-state index in [1.807, 2.05) is 13.8 Å². The maximum atomic E-state index is 13.6. The van der Waals surface area contributed by atoms with Gasteiger partial charge < -0.3 is 33.5 Å². The van der Waals surface area contributed by atoms with Crippen molar-refractivity contribution in [2.75, 3.05) is 26.4 Å². The first kappa shape index (κ1) is 32.9. The fourth-order valence-electron chi connectivity index (χ4n) is 4.60. The number of ketones is 1. The molecule has 12 heteroatoms. The van der Waals surface area contributed by atoms with Gasteiger partial charge in [0.1, 0.15) is 46.7 Å². The lowest BCUT2D eigenvalue weighted by molar-refractivity contribution is -0.127. The number of Topliss-reactive ketones (excluding diaryl/α,β-unsaturated/α-hetero) is 1. The highest BCUT2D eigenvalue weighted by Crippen LogP contribution is 2.27. The minimum Gasteiger partial charge on any atom is -0.492 e. The minimum absolute atomic E-state index is 0.0768. The summed E-state index contributed by atoms with van der Waals surface area (Å²) in [6.45, 7) is 6.80. The summed E-state index contributed by atoms with van der Waals surface area (Å²) >= 11 is 0. The first-order valence-electron chi connectivity index (χ1n) is 14.6. The molecule has 2 aromatic heterocycles. The van der Waals surface area contributed by atoms with Gasteiger partial charge in [-0.3, -0.25) is 14.4 Å². The van der Waals surface area contributed by atoms with Gasteiger partial charge in [-0.05, 0) is 44.0 Å². The van der Waals surface area contributed by atoms with E-state index in [1.165, 1.54) is 24.3 Å². The molecule has 0 aliphatic rings. The summed E-state index contributed by atoms with van der Waals surface area (Å²) < 4.78 is 33.0. The number of hydrogen-bond acceptors (Lipinski definition) is 12. The monoisotopic (exact) mass is 621 g/mol. The molecule has 2 aromatic carbocycles. The summed E-state index contributed by atoms with van der Waals surface area (Å²) in [5.41, 5.74) is 5.44. The molecule has 0 bridgehead atoms. The number of rotatable bonds is 14. The zero-order valence-corrected chi connectivity index (χ0v) is 25.5. The summed E-state index contributed by atoms with van der Waals surface area (Å²) in [7, 11) is 0. The van der Waals surface area contributed by atoms with Crippen molar-refractivity contribution < 1.29 is 42.2 Å². The van der Waals surface area contributed by atoms with Crippen LogP contribution in [0.2, 0.25) is 0 Å². The summed E-state index contributed by atoms with van der Waals surface area (Å²) in [4.78, 5) is 63.8. The average molecular weight is 622 g/mol. The first-order valence-corrected chi connectivity index (χ1v) is 14.6. The lowest BCUT2D eigenvalue weighted by Crippen LogP contribution is -2.44. The van der Waals surface area contributed by atoms with Crippen molar-refractivity contribution in [1.29, 1.82) is 0 Å². The Labute approximate surface area is 258 Å². The SMILES string of the molecule is CCOC(=O)c1cc(=O)c2c(OCC(COc3cccc4oc(C(=O)OCC)cc(=O)c34)C(=O)[C@@H](N)[C@@H](C)CC)cccc2o1. The van der Waals surface area contributed by atoms with Crippen LogP contribution in [0.3, 0.4) is 0 Å². The third kappa shape index (κ3) is 7.40. The van der Waals surface area contributed by atoms with Gasteiger partial charge in [-0.2, -0.15) is 0 Å². The van der Waals surface area contributed by atoms with E-state index in [1.54, 1.807) is 26.0 Å². The van der Waals surface area contributed by atoms with Crippen molar-refractivity contribution in [2.45, 2.75) is 40.2 Å². The second-order valence-corrected chi connectivity index (χ2v) is 10.3. The Morgan fingerprint density at radius 2 is 1.20 bits per heavy atom. The highest BCUT2D eigenvalue weighted by atomic mass is 16.5. The van der Waals surface area contributed by atoms with Crippen LogP contribution in [0.25, 0.3) is 21.9 Å². The molecule has 45 heavy (non-hydrogen) atoms. The van der Waals surface area contributed by atoms with Gasteiger partial charge in [0.2, 0.25) is 11.5 Å². The Bertz CT molecular complexity index is 1700. The van der Waals surface area contributed by atoms with E-state index in [9.17, 15) is 24.0 Å². The normalized spacial score (nSPS) is 12.6. The Kier molecular flexibility index (Phi) is 10.7. The van der Waals surface area contributed by atoms with Crippen LogP contribution < -0.4 is 26.1 Å². The van der Waals surface area contributed by atoms with Crippen molar-refractivity contribution in [3.63, 3.8) is 0 Å². The quantitative estimate of drug-likeness (QED) is 0.198. The van der Waals surface area contributed by atoms with E-state index in [0.717, 1.165) is 12.1 Å². The largest absolute Gasteiger partial charge is 0.492 e. The van der Waals surface area contributed by atoms with E-state index in [0.29, 0.717) is 6.42 Å². The number of nitrogens with two attached hydrogens (primary N) is 1. The van der Waals surface area contributed by atoms with Crippen LogP contribution in [-0.2, 0) is 14.3 Å². The van der Waals surface area contributed by atoms with Crippen LogP contribution in [0.1, 0.15) is 55.2 Å². The van der Waals surface area contributed by atoms with E-state index in [2.05, 4.69) is 0 Å². The van der Waals surface area contributed by atoms with Crippen molar-refractivity contribution in [1.82, 2.24) is 0 Å². The molecule has 0 fully saturated rings. The number of esters is 2. The summed E-state index contributed by atoms with van der Waals surface area (Å²) in [5.74, 6) is -3.19. The molecule has 0 saturated heterocycles. The van der Waals surface area contributed by atoms with Crippen LogP contribution in [0.4, 0.5) is 0 Å². The van der Waals surface area contributed by atoms with Crippen LogP contribution >= 0.6 is 0 Å². The molecule has 12 nitrogen and oxygen atoms in total. The lowest BCUT2D eigenvalue weighted by atomic mass is 9.90. The fourth-order valence-corrected chi connectivity index (χ4v) is 4.60. The topological polar surface area (TPSA) is 175 Å². The predicted octanol–water partition coefficient (Wildman–Crippen LogP) is 4.27. The highest BCUT2D eigenvalue weighted by Gasteiger charge is 2.30. The van der Waals surface area contributed by atoms with Crippen LogP contribution in [0.5, 0.6) is 11.5 Å². The van der Waals surface area contributed by atoms with Gasteiger partial charge >= 0.3 is 11.9 Å². The smallest absolute Gasteiger partial charge is 0.374 e. The second kappa shape index (κ2) is 14.7. The molecular formula is C33H35NO11. The number of benzene rings is 2. The summed E-state index contributed by atoms with van der Waals surface area (Å²) in [6.07, 6.45) is 0.654. The van der Waals surface area contributed by atoms with E-state index in [4.69, 9.17) is 33.5 Å². The zero-order valence-electron chi connectivity index (χ0n) is 25.5. The maximum Gasteiger partial charge on any atom is 0.374 e. The highest BCUT2D eigenvalue weighted by molar-refractivity contribution is 5.92. The Balaban J connectivity index is 1.63. The van der Waals surface area contributed by atoms with Crippen LogP contribution in [-0.4, -0.2) is 50.2 Å². The Morgan fingerprint density at radius 1 is 0.756 bits per heavy atom. The van der Waals surface area contributed by atoms with Gasteiger partial charge in [-0.1, -0.05) is 32.4 Å². The van der Waals surface area contributed by atoms with Gasteiger partial charge in [0.05, 0.1) is 25.2 Å². The molecule has 0 aliphatic carbocycles. The number of ether oxygens (including phenoxy) is 4. The van der Waals surface area contributed by atoms with Crippen molar-refractivity contribution in [3.05, 3.63) is 80.5 Å². The van der Waals surface area contributed by atoms with E-state index in [-0.39, 0.29) is 83.1 Å². The first-order chi connectivity index (χ1) is 21.6. The molecule has 0 radical (unpaired) electrons. The van der Waals surface area contributed by atoms with E-state index < -0.39 is 34.8 Å². The second-order valence-electron chi connectivity index (χ2n) is 10.3. The molecule has 0 aliphatic heterocycles. The van der Waals surface area contributed by atoms with E-state index >= 15 is 0 Å². The van der Waals surface area contributed by atoms with Gasteiger partial charge in [-0.25, -0.2) is 9.59 Å². The zero-order chi connectivity index (χ0) is 32.7. The molecule has 2 heterocycles. The van der Waals surface area contributed by atoms with Gasteiger partial charge in [0.25, 0.3) is 0 Å². The number of carbonyl (C=O) groups is 3. The van der Waals surface area contributed by atoms with Gasteiger partial charge in [0, 0.05) is 12.1 Å². The van der Waals surface area contributed by atoms with Crippen molar-refractivity contribution >= 4 is 39.7 Å². The summed E-state index contributed by atoms with van der Waals surface area (Å²) in [6, 6.07) is 10.5. The standard InChI is InChI=1S/C33H35NO11/c1-5-18(4)30(34)31(37)19(16-42-22-10-8-12-24-28(22)20(35)14-26(44-24)32(38)40-6-2)17-43-23-11-9-13-25-29(23)21(36)15-27(45-25)33(39)41-7-3/h8-15,18-19,30H,5-7,16-17,34H2,1-4H3/t18-,30-/m0/s1. The molecule has 0 unspecified atom stereocenters. The Morgan fingerprint density at radius 3 is 1.60 bits per heavy atom. The van der Waals surface area contributed by atoms with Crippen molar-refractivity contribution in [3.8, 4) is 11.5 Å². The molecule has 4 rings (SSSR count). The molecule has 0 saturated carbocycles. The van der Waals surface area contributed by atoms with Crippen LogP contribution in [0.15, 0.2) is 67.0 Å². The predicted molar refractivity (Wildman–Crippen MR) is 164 cm³/mol. The number of fused-ring (bicyclic) bond motifs is 2. The molecule has 2 N–H and O–H groups in total. The molecular weight excluding hydrogens is 586 g/mol. The number of carbonyl (C=O) groups excluding carboxylic acids is 3. The third-order valence-corrected chi connectivity index (χ3v) is 7.25. The maximum absolute atomic E-state index is 13.6. The number of hydrogen-bond donors (Lipinski definition) is 1. The van der Waals surface area contributed by atoms with Gasteiger partial charge in [-0.15, -0.1) is 0 Å². The van der Waals surface area contributed by atoms with Gasteiger partial charge in [0.15, 0.2) is 16.6 Å². The lowest BCUT2D eigenvalue weighted by Gasteiger charge is -2.24. The summed E-state index contributed by atoms with van der Waals surface area (Å²) in [5, 5.41) is 0.154. The van der Waals surface area contributed by atoms with Crippen LogP contribution in [0, 0.1) is 11.8 Å². The molecule has 4 aromatic rings. The molecule has 238 valence electrons.